The van der Waals surface area contributed by atoms with Gasteiger partial charge in [-0.2, -0.15) is 5.10 Å². The molecule has 0 unspecified atom stereocenters. The van der Waals surface area contributed by atoms with E-state index in [-0.39, 0.29) is 11.7 Å². The number of amides is 1. The summed E-state index contributed by atoms with van der Waals surface area (Å²) < 4.78 is 0. The molecule has 2 rings (SSSR count). The first kappa shape index (κ1) is 11.2. The number of hydrogen-bond acceptors (Lipinski definition) is 5. The van der Waals surface area contributed by atoms with Crippen LogP contribution in [0.25, 0.3) is 0 Å². The molecule has 3 N–H and O–H groups in total. The predicted octanol–water partition coefficient (Wildman–Crippen LogP) is -0.542. The van der Waals surface area contributed by atoms with Gasteiger partial charge in [-0.15, -0.1) is 5.10 Å². The Morgan fingerprint density at radius 1 is 1.41 bits per heavy atom. The van der Waals surface area contributed by atoms with Gasteiger partial charge in [0.2, 0.25) is 5.82 Å². The Hall–Kier alpha value is -2.25. The van der Waals surface area contributed by atoms with Crippen molar-refractivity contribution < 1.29 is 4.79 Å². The summed E-state index contributed by atoms with van der Waals surface area (Å²) in [6, 6.07) is 0. The van der Waals surface area contributed by atoms with Gasteiger partial charge >= 0.3 is 0 Å². The molecule has 0 aromatic carbocycles. The number of H-pyrrole nitrogens is 2. The average Bonchev–Trinajstić information content (AvgIpc) is 2.99. The van der Waals surface area contributed by atoms with Crippen molar-refractivity contribution in [3.63, 3.8) is 0 Å². The highest BCUT2D eigenvalue weighted by atomic mass is 16.2. The maximum atomic E-state index is 11.6. The third-order valence-electron chi connectivity index (χ3n) is 2.18. The van der Waals surface area contributed by atoms with E-state index in [1.807, 2.05) is 6.92 Å². The second-order valence-corrected chi connectivity index (χ2v) is 3.40. The Labute approximate surface area is 97.3 Å². The van der Waals surface area contributed by atoms with E-state index in [4.69, 9.17) is 0 Å². The third-order valence-corrected chi connectivity index (χ3v) is 2.18. The van der Waals surface area contributed by atoms with Crippen LogP contribution < -0.4 is 5.32 Å². The first-order valence-electron chi connectivity index (χ1n) is 5.33. The number of aromatic nitrogens is 6. The molecule has 0 spiro atoms. The highest BCUT2D eigenvalue weighted by Crippen LogP contribution is 1.93. The monoisotopic (exact) mass is 235 g/mol. The molecule has 17 heavy (non-hydrogen) atoms. The second-order valence-electron chi connectivity index (χ2n) is 3.40. The van der Waals surface area contributed by atoms with Gasteiger partial charge in [0.15, 0.2) is 0 Å². The topological polar surface area (TPSA) is 112 Å². The number of carbonyl (C=O) groups excluding carboxylic acids is 1. The average molecular weight is 235 g/mol. The largest absolute Gasteiger partial charge is 0.349 e. The van der Waals surface area contributed by atoms with E-state index in [0.717, 1.165) is 12.2 Å². The lowest BCUT2D eigenvalue weighted by Crippen LogP contribution is -2.27. The molecule has 0 saturated heterocycles. The molecule has 0 atom stereocenters. The molecule has 1 amide bonds. The van der Waals surface area contributed by atoms with Gasteiger partial charge in [-0.1, -0.05) is 6.92 Å². The van der Waals surface area contributed by atoms with Crippen LogP contribution >= 0.6 is 0 Å². The highest BCUT2D eigenvalue weighted by molar-refractivity contribution is 5.90. The summed E-state index contributed by atoms with van der Waals surface area (Å²) in [5.74, 6) is 1.31. The van der Waals surface area contributed by atoms with Crippen LogP contribution in [0.2, 0.25) is 0 Å². The Bertz CT molecular complexity index is 475. The van der Waals surface area contributed by atoms with Gasteiger partial charge in [-0.3, -0.25) is 15.0 Å². The predicted molar refractivity (Wildman–Crippen MR) is 58.2 cm³/mol. The van der Waals surface area contributed by atoms with Crippen molar-refractivity contribution in [3.8, 4) is 0 Å². The van der Waals surface area contributed by atoms with Crippen LogP contribution in [0.5, 0.6) is 0 Å². The molecule has 0 saturated carbocycles. The Morgan fingerprint density at radius 3 is 2.94 bits per heavy atom. The van der Waals surface area contributed by atoms with Gasteiger partial charge in [-0.25, -0.2) is 9.97 Å². The quantitative estimate of drug-likeness (QED) is 0.644. The van der Waals surface area contributed by atoms with Crippen LogP contribution in [0.1, 0.15) is 29.2 Å². The fourth-order valence-corrected chi connectivity index (χ4v) is 1.28. The maximum absolute atomic E-state index is 11.6. The van der Waals surface area contributed by atoms with E-state index >= 15 is 0 Å². The van der Waals surface area contributed by atoms with Crippen LogP contribution in [0.3, 0.4) is 0 Å². The third kappa shape index (κ3) is 2.86. The number of hydrogen-bond donors (Lipinski definition) is 3. The van der Waals surface area contributed by atoms with Crippen molar-refractivity contribution >= 4 is 5.91 Å². The lowest BCUT2D eigenvalue weighted by Gasteiger charge is -1.99. The minimum atomic E-state index is -0.291. The zero-order chi connectivity index (χ0) is 12.1. The SMILES string of the molecule is CCc1nc(C(=O)NCCc2ncn[nH]2)n[nH]1. The highest BCUT2D eigenvalue weighted by Gasteiger charge is 2.11. The molecule has 2 aromatic heterocycles. The minimum Gasteiger partial charge on any atom is -0.349 e. The first-order valence-corrected chi connectivity index (χ1v) is 5.33. The number of carbonyl (C=O) groups is 1. The molecule has 0 aliphatic heterocycles. The Morgan fingerprint density at radius 2 is 2.29 bits per heavy atom. The molecule has 0 fully saturated rings. The molecule has 0 aliphatic rings. The van der Waals surface area contributed by atoms with Crippen molar-refractivity contribution in [1.82, 2.24) is 35.7 Å². The fraction of sp³-hybridized carbons (Fsp3) is 0.444. The van der Waals surface area contributed by atoms with E-state index in [9.17, 15) is 4.79 Å². The van der Waals surface area contributed by atoms with E-state index in [1.54, 1.807) is 0 Å². The number of aromatic amines is 2. The summed E-state index contributed by atoms with van der Waals surface area (Å²) in [5, 5.41) is 15.6. The summed E-state index contributed by atoms with van der Waals surface area (Å²) in [7, 11) is 0. The van der Waals surface area contributed by atoms with Crippen LogP contribution in [0.15, 0.2) is 6.33 Å². The molecule has 0 radical (unpaired) electrons. The summed E-state index contributed by atoms with van der Waals surface area (Å²) in [5.41, 5.74) is 0. The van der Waals surface area contributed by atoms with Crippen LogP contribution in [-0.4, -0.2) is 42.8 Å². The van der Waals surface area contributed by atoms with Gasteiger partial charge in [0.25, 0.3) is 5.91 Å². The van der Waals surface area contributed by atoms with Crippen LogP contribution in [-0.2, 0) is 12.8 Å². The molecular formula is C9H13N7O. The molecule has 8 nitrogen and oxygen atoms in total. The fourth-order valence-electron chi connectivity index (χ4n) is 1.28. The zero-order valence-electron chi connectivity index (χ0n) is 9.40. The summed E-state index contributed by atoms with van der Waals surface area (Å²) in [6.07, 6.45) is 2.75. The summed E-state index contributed by atoms with van der Waals surface area (Å²) in [6.45, 7) is 2.40. The van der Waals surface area contributed by atoms with E-state index in [0.29, 0.717) is 18.8 Å². The van der Waals surface area contributed by atoms with Gasteiger partial charge in [0.1, 0.15) is 18.0 Å². The number of rotatable bonds is 5. The van der Waals surface area contributed by atoms with Crippen molar-refractivity contribution in [3.05, 3.63) is 23.8 Å². The van der Waals surface area contributed by atoms with Crippen molar-refractivity contribution in [2.75, 3.05) is 6.54 Å². The smallest absolute Gasteiger partial charge is 0.290 e. The standard InChI is InChI=1S/C9H13N7O/c1-2-6-13-8(16-15-6)9(17)10-4-3-7-11-5-12-14-7/h5H,2-4H2,1H3,(H,10,17)(H,11,12,14)(H,13,15,16). The van der Waals surface area contributed by atoms with E-state index < -0.39 is 0 Å². The van der Waals surface area contributed by atoms with Crippen molar-refractivity contribution in [1.29, 1.82) is 0 Å². The van der Waals surface area contributed by atoms with Gasteiger partial charge < -0.3 is 5.32 Å². The maximum Gasteiger partial charge on any atom is 0.290 e. The number of nitrogens with zero attached hydrogens (tertiary/aromatic N) is 4. The molecule has 0 aliphatic carbocycles. The summed E-state index contributed by atoms with van der Waals surface area (Å²) in [4.78, 5) is 19.6. The lowest BCUT2D eigenvalue weighted by molar-refractivity contribution is 0.0944. The Kier molecular flexibility index (Phi) is 3.43. The van der Waals surface area contributed by atoms with E-state index in [1.165, 1.54) is 6.33 Å². The normalized spacial score (nSPS) is 10.4. The van der Waals surface area contributed by atoms with Gasteiger partial charge in [0.05, 0.1) is 0 Å². The molecule has 0 bridgehead atoms. The van der Waals surface area contributed by atoms with Crippen LogP contribution in [0, 0.1) is 0 Å². The molecule has 8 heteroatoms. The van der Waals surface area contributed by atoms with Crippen molar-refractivity contribution in [2.24, 2.45) is 0 Å². The summed E-state index contributed by atoms with van der Waals surface area (Å²) >= 11 is 0. The first-order chi connectivity index (χ1) is 8.29. The zero-order valence-corrected chi connectivity index (χ0v) is 9.40. The minimum absolute atomic E-state index is 0.166. The van der Waals surface area contributed by atoms with Crippen LogP contribution in [0.4, 0.5) is 0 Å². The molecular weight excluding hydrogens is 222 g/mol. The van der Waals surface area contributed by atoms with E-state index in [2.05, 4.69) is 35.7 Å². The number of aryl methyl sites for hydroxylation is 1. The lowest BCUT2D eigenvalue weighted by atomic mass is 10.4. The second kappa shape index (κ2) is 5.19. The van der Waals surface area contributed by atoms with Gasteiger partial charge in [-0.05, 0) is 0 Å². The molecule has 90 valence electrons. The number of nitrogens with one attached hydrogen (secondary N) is 3. The van der Waals surface area contributed by atoms with Gasteiger partial charge in [0, 0.05) is 19.4 Å². The molecule has 2 heterocycles. The van der Waals surface area contributed by atoms with Crippen molar-refractivity contribution in [2.45, 2.75) is 19.8 Å². The molecule has 2 aromatic rings. The Balaban J connectivity index is 1.81.